The van der Waals surface area contributed by atoms with Crippen LogP contribution in [0.15, 0.2) is 42.0 Å². The number of carbonyl (C=O) groups excluding carboxylic acids is 1. The Labute approximate surface area is 165 Å². The third-order valence-electron chi connectivity index (χ3n) is 4.59. The molecule has 0 N–H and O–H groups in total. The van der Waals surface area contributed by atoms with Gasteiger partial charge in [0.05, 0.1) is 17.9 Å². The third kappa shape index (κ3) is 4.67. The molecule has 2 aliphatic heterocycles. The summed E-state index contributed by atoms with van der Waals surface area (Å²) >= 11 is 6.02. The monoisotopic (exact) mass is 413 g/mol. The largest absolute Gasteiger partial charge is 0.573 e. The van der Waals surface area contributed by atoms with E-state index in [-0.39, 0.29) is 28.3 Å². The first-order valence-electron chi connectivity index (χ1n) is 8.79. The quantitative estimate of drug-likeness (QED) is 0.681. The highest BCUT2D eigenvalue weighted by molar-refractivity contribution is 6.30. The minimum absolute atomic E-state index is 0.179. The van der Waals surface area contributed by atoms with Crippen molar-refractivity contribution in [3.05, 3.63) is 47.5 Å². The van der Waals surface area contributed by atoms with Crippen LogP contribution in [0.3, 0.4) is 0 Å². The number of hydrogen-bond acceptors (Lipinski definition) is 4. The van der Waals surface area contributed by atoms with E-state index >= 15 is 0 Å². The van der Waals surface area contributed by atoms with Crippen LogP contribution in [-0.4, -0.2) is 42.5 Å². The number of ether oxygens (including phenoxy) is 1. The SMILES string of the molecule is C=CC(=O)N1CCCCC(N2N=CC=C(OC(F)(F)F)c3cc(Cl)ccc32)C1. The van der Waals surface area contributed by atoms with E-state index in [9.17, 15) is 18.0 Å². The molecule has 1 fully saturated rings. The van der Waals surface area contributed by atoms with Crippen LogP contribution in [0.25, 0.3) is 5.76 Å². The summed E-state index contributed by atoms with van der Waals surface area (Å²) in [6.45, 7) is 4.52. The Bertz CT molecular complexity index is 823. The number of likely N-dealkylation sites (tertiary alicyclic amines) is 1. The number of anilines is 1. The lowest BCUT2D eigenvalue weighted by molar-refractivity contribution is -0.290. The third-order valence-corrected chi connectivity index (χ3v) is 4.83. The molecule has 150 valence electrons. The van der Waals surface area contributed by atoms with Crippen molar-refractivity contribution in [2.75, 3.05) is 18.1 Å². The van der Waals surface area contributed by atoms with Gasteiger partial charge in [0.2, 0.25) is 5.91 Å². The number of alkyl halides is 3. The summed E-state index contributed by atoms with van der Waals surface area (Å²) < 4.78 is 42.7. The van der Waals surface area contributed by atoms with Gasteiger partial charge in [-0.05, 0) is 43.5 Å². The first kappa shape index (κ1) is 20.3. The fourth-order valence-corrected chi connectivity index (χ4v) is 3.56. The Morgan fingerprint density at radius 2 is 2.14 bits per heavy atom. The van der Waals surface area contributed by atoms with Crippen molar-refractivity contribution >= 4 is 35.2 Å². The number of hydrogen-bond donors (Lipinski definition) is 0. The van der Waals surface area contributed by atoms with Crippen LogP contribution in [-0.2, 0) is 9.53 Å². The van der Waals surface area contributed by atoms with Gasteiger partial charge in [-0.3, -0.25) is 9.80 Å². The van der Waals surface area contributed by atoms with E-state index in [1.165, 1.54) is 18.4 Å². The molecule has 1 amide bonds. The van der Waals surface area contributed by atoms with E-state index < -0.39 is 6.36 Å². The molecule has 2 heterocycles. The van der Waals surface area contributed by atoms with Gasteiger partial charge in [-0.15, -0.1) is 13.2 Å². The molecule has 28 heavy (non-hydrogen) atoms. The number of halogens is 4. The molecule has 0 saturated carbocycles. The molecule has 5 nitrogen and oxygen atoms in total. The van der Waals surface area contributed by atoms with Crippen molar-refractivity contribution in [3.63, 3.8) is 0 Å². The van der Waals surface area contributed by atoms with Gasteiger partial charge in [0.1, 0.15) is 5.76 Å². The van der Waals surface area contributed by atoms with Gasteiger partial charge in [-0.2, -0.15) is 5.10 Å². The maximum absolute atomic E-state index is 12.8. The first-order valence-corrected chi connectivity index (χ1v) is 9.17. The zero-order valence-corrected chi connectivity index (χ0v) is 15.7. The van der Waals surface area contributed by atoms with Gasteiger partial charge in [0.25, 0.3) is 0 Å². The average molecular weight is 414 g/mol. The number of benzene rings is 1. The molecule has 0 bridgehead atoms. The smallest absolute Gasteiger partial charge is 0.405 e. The highest BCUT2D eigenvalue weighted by Crippen LogP contribution is 2.37. The van der Waals surface area contributed by atoms with E-state index in [0.717, 1.165) is 25.3 Å². The van der Waals surface area contributed by atoms with Gasteiger partial charge < -0.3 is 9.64 Å². The predicted molar refractivity (Wildman–Crippen MR) is 102 cm³/mol. The van der Waals surface area contributed by atoms with Crippen LogP contribution < -0.4 is 5.01 Å². The van der Waals surface area contributed by atoms with E-state index in [2.05, 4.69) is 16.4 Å². The summed E-state index contributed by atoms with van der Waals surface area (Å²) in [6.07, 6.45) is 1.27. The van der Waals surface area contributed by atoms with Crippen molar-refractivity contribution in [2.45, 2.75) is 31.7 Å². The molecule has 9 heteroatoms. The van der Waals surface area contributed by atoms with Gasteiger partial charge in [-0.1, -0.05) is 18.2 Å². The summed E-state index contributed by atoms with van der Waals surface area (Å²) in [7, 11) is 0. The molecule has 0 radical (unpaired) electrons. The van der Waals surface area contributed by atoms with Crippen LogP contribution in [0, 0.1) is 0 Å². The number of fused-ring (bicyclic) bond motifs is 1. The van der Waals surface area contributed by atoms with E-state index in [1.807, 2.05) is 0 Å². The van der Waals surface area contributed by atoms with Crippen molar-refractivity contribution in [1.82, 2.24) is 4.90 Å². The van der Waals surface area contributed by atoms with Crippen LogP contribution in [0.4, 0.5) is 18.9 Å². The maximum atomic E-state index is 12.8. The average Bonchev–Trinajstić information content (AvgIpc) is 2.97. The summed E-state index contributed by atoms with van der Waals surface area (Å²) in [5, 5.41) is 6.26. The van der Waals surface area contributed by atoms with Crippen molar-refractivity contribution in [2.24, 2.45) is 5.10 Å². The number of amides is 1. The number of hydrazone groups is 1. The van der Waals surface area contributed by atoms with Gasteiger partial charge in [0, 0.05) is 29.8 Å². The second-order valence-corrected chi connectivity index (χ2v) is 6.92. The Hall–Kier alpha value is -2.48. The van der Waals surface area contributed by atoms with Crippen molar-refractivity contribution < 1.29 is 22.7 Å². The summed E-state index contributed by atoms with van der Waals surface area (Å²) in [5.41, 5.74) is 0.625. The summed E-state index contributed by atoms with van der Waals surface area (Å²) in [5.74, 6) is -0.565. The summed E-state index contributed by atoms with van der Waals surface area (Å²) in [6, 6.07) is 4.40. The maximum Gasteiger partial charge on any atom is 0.573 e. The highest BCUT2D eigenvalue weighted by Gasteiger charge is 2.35. The lowest BCUT2D eigenvalue weighted by atomic mass is 10.1. The summed E-state index contributed by atoms with van der Waals surface area (Å²) in [4.78, 5) is 13.8. The number of allylic oxidation sites excluding steroid dienone is 1. The van der Waals surface area contributed by atoms with Crippen molar-refractivity contribution in [1.29, 1.82) is 0 Å². The Kier molecular flexibility index (Phi) is 5.98. The molecule has 1 unspecified atom stereocenters. The van der Waals surface area contributed by atoms with Crippen LogP contribution in [0.5, 0.6) is 0 Å². The van der Waals surface area contributed by atoms with E-state index in [0.29, 0.717) is 18.8 Å². The van der Waals surface area contributed by atoms with E-state index in [4.69, 9.17) is 11.6 Å². The van der Waals surface area contributed by atoms with Gasteiger partial charge in [0.15, 0.2) is 0 Å². The number of rotatable bonds is 3. The lowest BCUT2D eigenvalue weighted by Crippen LogP contribution is -2.42. The Balaban J connectivity index is 1.97. The van der Waals surface area contributed by atoms with E-state index in [1.54, 1.807) is 22.0 Å². The first-order chi connectivity index (χ1) is 13.3. The zero-order chi connectivity index (χ0) is 20.3. The molecular weight excluding hydrogens is 395 g/mol. The number of nitrogens with zero attached hydrogens (tertiary/aromatic N) is 3. The van der Waals surface area contributed by atoms with Crippen molar-refractivity contribution in [3.8, 4) is 0 Å². The normalized spacial score (nSPS) is 20.0. The molecular formula is C19H19ClF3N3O2. The Morgan fingerprint density at radius 3 is 2.86 bits per heavy atom. The second kappa shape index (κ2) is 8.26. The highest BCUT2D eigenvalue weighted by atomic mass is 35.5. The second-order valence-electron chi connectivity index (χ2n) is 6.49. The molecule has 0 spiro atoms. The van der Waals surface area contributed by atoms with Crippen LogP contribution in [0.2, 0.25) is 5.02 Å². The Morgan fingerprint density at radius 1 is 1.36 bits per heavy atom. The fraction of sp³-hybridized carbons (Fsp3) is 0.368. The molecule has 3 rings (SSSR count). The molecule has 1 atom stereocenters. The molecule has 2 aliphatic rings. The molecule has 0 aromatic heterocycles. The molecule has 0 aliphatic carbocycles. The van der Waals surface area contributed by atoms with Crippen LogP contribution >= 0.6 is 11.6 Å². The molecule has 1 saturated heterocycles. The van der Waals surface area contributed by atoms with Gasteiger partial charge >= 0.3 is 6.36 Å². The fourth-order valence-electron chi connectivity index (χ4n) is 3.38. The molecule has 1 aromatic carbocycles. The number of carbonyl (C=O) groups is 1. The molecule has 1 aromatic rings. The minimum Gasteiger partial charge on any atom is -0.405 e. The topological polar surface area (TPSA) is 45.1 Å². The van der Waals surface area contributed by atoms with Gasteiger partial charge in [-0.25, -0.2) is 0 Å². The minimum atomic E-state index is -4.84. The predicted octanol–water partition coefficient (Wildman–Crippen LogP) is 4.59. The lowest BCUT2D eigenvalue weighted by Gasteiger charge is -2.32. The van der Waals surface area contributed by atoms with Crippen LogP contribution in [0.1, 0.15) is 24.8 Å². The zero-order valence-electron chi connectivity index (χ0n) is 15.0. The standard InChI is InChI=1S/C19H19ClF3N3O2/c1-2-18(27)25-10-4-3-5-14(12-25)26-16-7-6-13(20)11-15(16)17(8-9-24-26)28-19(21,22)23/h2,6-9,11,14H,1,3-5,10,12H2.